The van der Waals surface area contributed by atoms with Gasteiger partial charge in [-0.05, 0) is 24.5 Å². The molecule has 80 valence electrons. The molecule has 0 spiro atoms. The number of benzene rings is 1. The lowest BCUT2D eigenvalue weighted by molar-refractivity contribution is 0.347. The number of hydrogen-bond donors (Lipinski definition) is 1. The fourth-order valence-corrected chi connectivity index (χ4v) is 2.43. The molecule has 0 atom stereocenters. The summed E-state index contributed by atoms with van der Waals surface area (Å²) in [5, 5.41) is 0. The standard InChI is InChI=1S/C12H14FNO/c13-9-2-1-8-3-6-15-11(8)10(9)12(7-14)4-5-12/h1-2H,3-7,14H2. The number of fused-ring (bicyclic) bond motifs is 1. The molecule has 1 saturated carbocycles. The van der Waals surface area contributed by atoms with Crippen molar-refractivity contribution < 1.29 is 9.13 Å². The maximum atomic E-state index is 13.8. The number of halogens is 1. The van der Waals surface area contributed by atoms with Gasteiger partial charge in [-0.25, -0.2) is 4.39 Å². The molecule has 0 unspecified atom stereocenters. The smallest absolute Gasteiger partial charge is 0.130 e. The van der Waals surface area contributed by atoms with Crippen LogP contribution in [0.1, 0.15) is 24.0 Å². The number of ether oxygens (including phenoxy) is 1. The SMILES string of the molecule is NCC1(c2c(F)ccc3c2OCC3)CC1. The van der Waals surface area contributed by atoms with Gasteiger partial charge in [0.1, 0.15) is 11.6 Å². The largest absolute Gasteiger partial charge is 0.493 e. The molecule has 2 aliphatic rings. The van der Waals surface area contributed by atoms with Gasteiger partial charge in [0.05, 0.1) is 6.61 Å². The van der Waals surface area contributed by atoms with E-state index in [2.05, 4.69) is 0 Å². The van der Waals surface area contributed by atoms with Gasteiger partial charge in [0.25, 0.3) is 0 Å². The fraction of sp³-hybridized carbons (Fsp3) is 0.500. The molecule has 3 heteroatoms. The molecule has 1 aromatic carbocycles. The van der Waals surface area contributed by atoms with Gasteiger partial charge in [-0.2, -0.15) is 0 Å². The van der Waals surface area contributed by atoms with Crippen LogP contribution in [0.4, 0.5) is 4.39 Å². The first-order valence-corrected chi connectivity index (χ1v) is 5.41. The van der Waals surface area contributed by atoms with E-state index in [1.54, 1.807) is 6.07 Å². The second-order valence-electron chi connectivity index (χ2n) is 4.49. The monoisotopic (exact) mass is 207 g/mol. The maximum absolute atomic E-state index is 13.8. The quantitative estimate of drug-likeness (QED) is 0.801. The highest BCUT2D eigenvalue weighted by molar-refractivity contribution is 5.51. The third kappa shape index (κ3) is 1.19. The molecule has 0 saturated heterocycles. The molecule has 2 nitrogen and oxygen atoms in total. The van der Waals surface area contributed by atoms with Gasteiger partial charge in [-0.3, -0.25) is 0 Å². The average molecular weight is 207 g/mol. The first kappa shape index (κ1) is 9.16. The van der Waals surface area contributed by atoms with Gasteiger partial charge in [0.2, 0.25) is 0 Å². The van der Waals surface area contributed by atoms with Crippen molar-refractivity contribution >= 4 is 0 Å². The van der Waals surface area contributed by atoms with Crippen LogP contribution in [0.5, 0.6) is 5.75 Å². The first-order valence-electron chi connectivity index (χ1n) is 5.41. The summed E-state index contributed by atoms with van der Waals surface area (Å²) in [6.45, 7) is 1.19. The van der Waals surface area contributed by atoms with Crippen LogP contribution >= 0.6 is 0 Å². The predicted octanol–water partition coefficient (Wildman–Crippen LogP) is 1.75. The lowest BCUT2D eigenvalue weighted by atomic mass is 9.92. The minimum absolute atomic E-state index is 0.125. The first-order chi connectivity index (χ1) is 7.27. The Morgan fingerprint density at radius 1 is 1.40 bits per heavy atom. The Morgan fingerprint density at radius 2 is 2.20 bits per heavy atom. The normalized spacial score (nSPS) is 20.9. The third-order valence-electron chi connectivity index (χ3n) is 3.58. The van der Waals surface area contributed by atoms with Crippen molar-refractivity contribution in [3.8, 4) is 5.75 Å². The van der Waals surface area contributed by atoms with Gasteiger partial charge in [-0.15, -0.1) is 0 Å². The van der Waals surface area contributed by atoms with Crippen molar-refractivity contribution in [3.05, 3.63) is 29.1 Å². The fourth-order valence-electron chi connectivity index (χ4n) is 2.43. The lowest BCUT2D eigenvalue weighted by Gasteiger charge is -2.17. The van der Waals surface area contributed by atoms with E-state index in [0.717, 1.165) is 36.1 Å². The molecule has 0 bridgehead atoms. The zero-order valence-electron chi connectivity index (χ0n) is 8.55. The summed E-state index contributed by atoms with van der Waals surface area (Å²) in [6.07, 6.45) is 2.86. The molecule has 1 aliphatic heterocycles. The molecule has 1 fully saturated rings. The lowest BCUT2D eigenvalue weighted by Crippen LogP contribution is -2.21. The number of nitrogens with two attached hydrogens (primary N) is 1. The summed E-state index contributed by atoms with van der Waals surface area (Å²) in [7, 11) is 0. The Morgan fingerprint density at radius 3 is 2.87 bits per heavy atom. The molecule has 3 rings (SSSR count). The molecule has 1 aliphatic carbocycles. The Labute approximate surface area is 88.2 Å². The second kappa shape index (κ2) is 2.95. The van der Waals surface area contributed by atoms with Crippen LogP contribution in [0.15, 0.2) is 12.1 Å². The predicted molar refractivity (Wildman–Crippen MR) is 55.6 cm³/mol. The summed E-state index contributed by atoms with van der Waals surface area (Å²) in [5.74, 6) is 0.622. The van der Waals surface area contributed by atoms with Crippen molar-refractivity contribution in [2.75, 3.05) is 13.2 Å². The molecule has 0 radical (unpaired) electrons. The van der Waals surface area contributed by atoms with Gasteiger partial charge in [0.15, 0.2) is 0 Å². The van der Waals surface area contributed by atoms with E-state index in [0.29, 0.717) is 13.2 Å². The summed E-state index contributed by atoms with van der Waals surface area (Å²) in [4.78, 5) is 0. The van der Waals surface area contributed by atoms with E-state index in [1.807, 2.05) is 6.07 Å². The van der Waals surface area contributed by atoms with Crippen LogP contribution in [-0.2, 0) is 11.8 Å². The van der Waals surface area contributed by atoms with Crippen LogP contribution < -0.4 is 10.5 Å². The molecule has 0 amide bonds. The van der Waals surface area contributed by atoms with Crippen LogP contribution in [0, 0.1) is 5.82 Å². The van der Waals surface area contributed by atoms with E-state index >= 15 is 0 Å². The van der Waals surface area contributed by atoms with Gasteiger partial charge < -0.3 is 10.5 Å². The number of rotatable bonds is 2. The minimum Gasteiger partial charge on any atom is -0.493 e. The highest BCUT2D eigenvalue weighted by Gasteiger charge is 2.47. The highest BCUT2D eigenvalue weighted by Crippen LogP contribution is 2.53. The van der Waals surface area contributed by atoms with Gasteiger partial charge in [-0.1, -0.05) is 6.07 Å². The summed E-state index contributed by atoms with van der Waals surface area (Å²) >= 11 is 0. The summed E-state index contributed by atoms with van der Waals surface area (Å²) in [6, 6.07) is 3.38. The van der Waals surface area contributed by atoms with Crippen molar-refractivity contribution in [2.45, 2.75) is 24.7 Å². The third-order valence-corrected chi connectivity index (χ3v) is 3.58. The molecule has 1 aromatic rings. The van der Waals surface area contributed by atoms with Gasteiger partial charge in [0, 0.05) is 23.9 Å². The maximum Gasteiger partial charge on any atom is 0.130 e. The topological polar surface area (TPSA) is 35.2 Å². The zero-order valence-corrected chi connectivity index (χ0v) is 8.55. The van der Waals surface area contributed by atoms with E-state index in [-0.39, 0.29) is 11.2 Å². The van der Waals surface area contributed by atoms with E-state index in [1.165, 1.54) is 0 Å². The van der Waals surface area contributed by atoms with E-state index < -0.39 is 0 Å². The Hall–Kier alpha value is -1.09. The molecule has 1 heterocycles. The molecule has 2 N–H and O–H groups in total. The summed E-state index contributed by atoms with van der Waals surface area (Å²) < 4.78 is 19.4. The minimum atomic E-state index is -0.154. The Bertz CT molecular complexity index is 412. The Balaban J connectivity index is 2.17. The molecule has 0 aromatic heterocycles. The molecular formula is C12H14FNO. The van der Waals surface area contributed by atoms with Crippen molar-refractivity contribution in [1.29, 1.82) is 0 Å². The van der Waals surface area contributed by atoms with Crippen molar-refractivity contribution in [1.82, 2.24) is 0 Å². The number of hydrogen-bond acceptors (Lipinski definition) is 2. The average Bonchev–Trinajstić information content (AvgIpc) is 2.88. The Kier molecular flexibility index (Phi) is 1.80. The van der Waals surface area contributed by atoms with E-state index in [9.17, 15) is 4.39 Å². The molecule has 15 heavy (non-hydrogen) atoms. The van der Waals surface area contributed by atoms with E-state index in [4.69, 9.17) is 10.5 Å². The van der Waals surface area contributed by atoms with Crippen LogP contribution in [0.3, 0.4) is 0 Å². The summed E-state index contributed by atoms with van der Waals surface area (Å²) in [5.41, 5.74) is 7.48. The van der Waals surface area contributed by atoms with Crippen molar-refractivity contribution in [3.63, 3.8) is 0 Å². The van der Waals surface area contributed by atoms with Gasteiger partial charge >= 0.3 is 0 Å². The van der Waals surface area contributed by atoms with Crippen molar-refractivity contribution in [2.24, 2.45) is 5.73 Å². The van der Waals surface area contributed by atoms with Crippen LogP contribution in [0.2, 0.25) is 0 Å². The zero-order chi connectivity index (χ0) is 10.5. The van der Waals surface area contributed by atoms with Crippen LogP contribution in [-0.4, -0.2) is 13.2 Å². The van der Waals surface area contributed by atoms with Crippen LogP contribution in [0.25, 0.3) is 0 Å². The highest BCUT2D eigenvalue weighted by atomic mass is 19.1. The molecular weight excluding hydrogens is 193 g/mol. The second-order valence-corrected chi connectivity index (χ2v) is 4.49.